The molecule has 0 rings (SSSR count). The highest BCUT2D eigenvalue weighted by Crippen LogP contribution is 2.45. The molecular weight excluding hydrogens is 1010 g/mol. The van der Waals surface area contributed by atoms with E-state index in [1.165, 1.54) is 70.6 Å². The van der Waals surface area contributed by atoms with Gasteiger partial charge in [-0.15, -0.1) is 0 Å². The zero-order valence-corrected chi connectivity index (χ0v) is 49.6. The number of carbonyl (C=O) groups excluding carboxylic acids is 4. The molecule has 0 radical (unpaired) electrons. The van der Waals surface area contributed by atoms with Crippen LogP contribution in [0.1, 0.15) is 266 Å². The third-order valence-corrected chi connectivity index (χ3v) is 15.0. The molecule has 6 atom stereocenters. The number of phosphoric ester groups is 2. The van der Waals surface area contributed by atoms with Crippen molar-refractivity contribution in [3.05, 3.63) is 0 Å². The number of carbonyl (C=O) groups is 4. The monoisotopic (exact) mass is 1110 g/mol. The summed E-state index contributed by atoms with van der Waals surface area (Å²) in [5.41, 5.74) is 0. The Bertz CT molecular complexity index is 1500. The third-order valence-electron chi connectivity index (χ3n) is 13.1. The summed E-state index contributed by atoms with van der Waals surface area (Å²) in [6.07, 6.45) is 28.5. The topological polar surface area (TPSA) is 237 Å². The van der Waals surface area contributed by atoms with Crippen LogP contribution in [0.15, 0.2) is 0 Å². The van der Waals surface area contributed by atoms with Crippen LogP contribution in [-0.4, -0.2) is 96.7 Å². The quantitative estimate of drug-likeness (QED) is 0.0222. The predicted molar refractivity (Wildman–Crippen MR) is 294 cm³/mol. The van der Waals surface area contributed by atoms with Crippen LogP contribution in [-0.2, 0) is 65.4 Å². The lowest BCUT2D eigenvalue weighted by Gasteiger charge is -2.21. The van der Waals surface area contributed by atoms with E-state index in [-0.39, 0.29) is 25.7 Å². The predicted octanol–water partition coefficient (Wildman–Crippen LogP) is 14.5. The van der Waals surface area contributed by atoms with Gasteiger partial charge in [-0.3, -0.25) is 37.3 Å². The van der Waals surface area contributed by atoms with Gasteiger partial charge in [0.05, 0.1) is 26.4 Å². The van der Waals surface area contributed by atoms with E-state index < -0.39 is 97.5 Å². The fourth-order valence-corrected chi connectivity index (χ4v) is 9.66. The van der Waals surface area contributed by atoms with Crippen LogP contribution in [0.4, 0.5) is 0 Å². The maximum absolute atomic E-state index is 12.9. The maximum Gasteiger partial charge on any atom is 0.472 e. The van der Waals surface area contributed by atoms with Gasteiger partial charge in [-0.05, 0) is 37.5 Å². The Morgan fingerprint density at radius 2 is 0.680 bits per heavy atom. The summed E-state index contributed by atoms with van der Waals surface area (Å²) in [7, 11) is -9.86. The Hall–Kier alpha value is -1.94. The van der Waals surface area contributed by atoms with Crippen molar-refractivity contribution in [2.45, 2.75) is 285 Å². The zero-order chi connectivity index (χ0) is 55.8. The Balaban J connectivity index is 5.20. The van der Waals surface area contributed by atoms with Gasteiger partial charge in [0.25, 0.3) is 0 Å². The average molecular weight is 1120 g/mol. The van der Waals surface area contributed by atoms with Crippen LogP contribution in [0.5, 0.6) is 0 Å². The van der Waals surface area contributed by atoms with Gasteiger partial charge in [0.15, 0.2) is 12.2 Å². The SMILES string of the molecule is CCCCCCCCCCCCCC(=O)O[C@H](COC(=O)CCCCCCCCC(C)CC)COP(=O)(O)OC[C@@H](O)COP(=O)(O)OC[C@@H](COC(=O)CCCCCCC)OC(=O)CCCCCCCCC(C)C. The summed E-state index contributed by atoms with van der Waals surface area (Å²) in [6, 6.07) is 0. The summed E-state index contributed by atoms with van der Waals surface area (Å²) in [5.74, 6) is -0.760. The van der Waals surface area contributed by atoms with Gasteiger partial charge in [0.2, 0.25) is 0 Å². The molecule has 0 aromatic heterocycles. The summed E-state index contributed by atoms with van der Waals surface area (Å²) < 4.78 is 67.4. The lowest BCUT2D eigenvalue weighted by Crippen LogP contribution is -2.30. The zero-order valence-electron chi connectivity index (χ0n) is 47.8. The van der Waals surface area contributed by atoms with E-state index in [2.05, 4.69) is 41.5 Å². The molecule has 0 aromatic carbocycles. The molecule has 0 fully saturated rings. The van der Waals surface area contributed by atoms with Gasteiger partial charge in [-0.25, -0.2) is 9.13 Å². The van der Waals surface area contributed by atoms with Crippen molar-refractivity contribution in [3.8, 4) is 0 Å². The molecule has 0 bridgehead atoms. The molecule has 75 heavy (non-hydrogen) atoms. The number of unbranched alkanes of at least 4 members (excludes halogenated alkanes) is 24. The van der Waals surface area contributed by atoms with Gasteiger partial charge in [0.1, 0.15) is 19.3 Å². The fraction of sp³-hybridized carbons (Fsp3) is 0.929. The van der Waals surface area contributed by atoms with Crippen molar-refractivity contribution >= 4 is 39.5 Å². The molecule has 3 unspecified atom stereocenters. The lowest BCUT2D eigenvalue weighted by molar-refractivity contribution is -0.161. The van der Waals surface area contributed by atoms with Gasteiger partial charge in [-0.1, -0.05) is 215 Å². The highest BCUT2D eigenvalue weighted by molar-refractivity contribution is 7.47. The van der Waals surface area contributed by atoms with E-state index in [1.54, 1.807) is 0 Å². The minimum absolute atomic E-state index is 0.101. The number of rotatable bonds is 55. The first-order chi connectivity index (χ1) is 35.9. The molecule has 19 heteroatoms. The van der Waals surface area contributed by atoms with Crippen molar-refractivity contribution in [1.82, 2.24) is 0 Å². The summed E-state index contributed by atoms with van der Waals surface area (Å²) in [6.45, 7) is 9.20. The second-order valence-electron chi connectivity index (χ2n) is 21.0. The van der Waals surface area contributed by atoms with Crippen molar-refractivity contribution in [3.63, 3.8) is 0 Å². The van der Waals surface area contributed by atoms with Crippen LogP contribution in [0.3, 0.4) is 0 Å². The molecule has 3 N–H and O–H groups in total. The molecule has 0 spiro atoms. The molecule has 0 heterocycles. The van der Waals surface area contributed by atoms with Crippen LogP contribution < -0.4 is 0 Å². The number of aliphatic hydroxyl groups excluding tert-OH is 1. The molecule has 0 aliphatic heterocycles. The Kier molecular flexibility index (Phi) is 47.9. The molecule has 17 nitrogen and oxygen atoms in total. The van der Waals surface area contributed by atoms with Crippen LogP contribution in [0, 0.1) is 11.8 Å². The smallest absolute Gasteiger partial charge is 0.462 e. The largest absolute Gasteiger partial charge is 0.472 e. The van der Waals surface area contributed by atoms with E-state index in [9.17, 15) is 43.2 Å². The van der Waals surface area contributed by atoms with Gasteiger partial charge >= 0.3 is 39.5 Å². The first kappa shape index (κ1) is 73.1. The van der Waals surface area contributed by atoms with Gasteiger partial charge < -0.3 is 33.8 Å². The van der Waals surface area contributed by atoms with E-state index in [0.29, 0.717) is 31.6 Å². The highest BCUT2D eigenvalue weighted by atomic mass is 31.2. The maximum atomic E-state index is 12.9. The number of phosphoric acid groups is 2. The van der Waals surface area contributed by atoms with Crippen LogP contribution in [0.25, 0.3) is 0 Å². The average Bonchev–Trinajstić information content (AvgIpc) is 3.37. The summed E-state index contributed by atoms with van der Waals surface area (Å²) in [4.78, 5) is 71.5. The molecule has 0 saturated heterocycles. The second-order valence-corrected chi connectivity index (χ2v) is 23.9. The standard InChI is InChI=1S/C56H108O17P2/c1-7-10-12-14-15-16-17-18-19-28-34-40-55(60)72-52(45-67-54(59)39-33-27-23-21-26-31-37-49(6)9-3)47-71-75(64,65)69-43-50(57)42-68-74(62,63)70-46-51(44-66-53(58)38-32-24-13-11-8-2)73-56(61)41-35-29-22-20-25-30-36-48(4)5/h48-52,57H,7-47H2,1-6H3,(H,62,63)(H,64,65)/t49?,50-,51+,52+/m0/s1. The van der Waals surface area contributed by atoms with Crippen LogP contribution >= 0.6 is 15.6 Å². The Morgan fingerprint density at radius 1 is 0.387 bits per heavy atom. The van der Waals surface area contributed by atoms with Gasteiger partial charge in [-0.2, -0.15) is 0 Å². The third kappa shape index (κ3) is 50.1. The van der Waals surface area contributed by atoms with Crippen molar-refractivity contribution in [2.75, 3.05) is 39.6 Å². The van der Waals surface area contributed by atoms with E-state index in [0.717, 1.165) is 109 Å². The van der Waals surface area contributed by atoms with Crippen molar-refractivity contribution in [1.29, 1.82) is 0 Å². The number of ether oxygens (including phenoxy) is 4. The summed E-state index contributed by atoms with van der Waals surface area (Å²) in [5, 5.41) is 10.5. The molecule has 0 aromatic rings. The van der Waals surface area contributed by atoms with E-state index in [1.807, 2.05) is 0 Å². The minimum Gasteiger partial charge on any atom is -0.462 e. The molecule has 0 aliphatic carbocycles. The van der Waals surface area contributed by atoms with Crippen molar-refractivity contribution < 1.29 is 80.2 Å². The molecule has 444 valence electrons. The number of aliphatic hydroxyl groups is 1. The molecular formula is C56H108O17P2. The molecule has 0 aliphatic rings. The van der Waals surface area contributed by atoms with Crippen LogP contribution in [0.2, 0.25) is 0 Å². The number of hydrogen-bond donors (Lipinski definition) is 3. The van der Waals surface area contributed by atoms with E-state index >= 15 is 0 Å². The first-order valence-corrected chi connectivity index (χ1v) is 32.5. The number of hydrogen-bond acceptors (Lipinski definition) is 15. The minimum atomic E-state index is -4.93. The summed E-state index contributed by atoms with van der Waals surface area (Å²) >= 11 is 0. The normalized spacial score (nSPS) is 14.9. The first-order valence-electron chi connectivity index (χ1n) is 29.5. The fourth-order valence-electron chi connectivity index (χ4n) is 8.08. The van der Waals surface area contributed by atoms with Gasteiger partial charge in [0, 0.05) is 25.7 Å². The Morgan fingerprint density at radius 3 is 1.01 bits per heavy atom. The second kappa shape index (κ2) is 49.1. The lowest BCUT2D eigenvalue weighted by atomic mass is 10.00. The van der Waals surface area contributed by atoms with E-state index in [4.69, 9.17) is 37.0 Å². The Labute approximate surface area is 454 Å². The number of esters is 4. The van der Waals surface area contributed by atoms with Crippen molar-refractivity contribution in [2.24, 2.45) is 11.8 Å². The highest BCUT2D eigenvalue weighted by Gasteiger charge is 2.30. The molecule has 0 saturated carbocycles. The molecule has 0 amide bonds.